The van der Waals surface area contributed by atoms with Crippen LogP contribution in [-0.2, 0) is 14.8 Å². The van der Waals surface area contributed by atoms with Crippen LogP contribution in [0.25, 0.3) is 0 Å². The van der Waals surface area contributed by atoms with E-state index in [2.05, 4.69) is 20.7 Å². The van der Waals surface area contributed by atoms with Gasteiger partial charge in [-0.25, -0.2) is 17.5 Å². The quantitative estimate of drug-likeness (QED) is 0.812. The fraction of sp³-hybridized carbons (Fsp3) is 0.400. The van der Waals surface area contributed by atoms with Gasteiger partial charge in [-0.05, 0) is 34.5 Å². The average molecular weight is 339 g/mol. The summed E-state index contributed by atoms with van der Waals surface area (Å²) in [5.74, 6) is -0.601. The second-order valence-electron chi connectivity index (χ2n) is 3.99. The van der Waals surface area contributed by atoms with Gasteiger partial charge in [-0.2, -0.15) is 0 Å². The lowest BCUT2D eigenvalue weighted by Crippen LogP contribution is -2.35. The van der Waals surface area contributed by atoms with Gasteiger partial charge in [-0.15, -0.1) is 0 Å². The number of benzene rings is 1. The number of rotatable bonds is 3. The van der Waals surface area contributed by atoms with Crippen LogP contribution < -0.4 is 10.5 Å². The summed E-state index contributed by atoms with van der Waals surface area (Å²) in [7, 11) is -3.77. The van der Waals surface area contributed by atoms with Gasteiger partial charge in [0.2, 0.25) is 10.0 Å². The van der Waals surface area contributed by atoms with E-state index in [4.69, 9.17) is 10.5 Å². The van der Waals surface area contributed by atoms with Crippen molar-refractivity contribution in [3.8, 4) is 0 Å². The van der Waals surface area contributed by atoms with Crippen molar-refractivity contribution in [1.29, 1.82) is 0 Å². The summed E-state index contributed by atoms with van der Waals surface area (Å²) in [6.45, 7) is 0.858. The van der Waals surface area contributed by atoms with Crippen LogP contribution >= 0.6 is 15.9 Å². The number of ether oxygens (including phenoxy) is 1. The number of nitrogen functional groups attached to an aromatic ring is 1. The first-order chi connectivity index (χ1) is 8.40. The zero-order chi connectivity index (χ0) is 13.3. The normalized spacial score (nSPS) is 20.2. The SMILES string of the molecule is Nc1cc(F)c(Br)cc1S(=O)(=O)NC1CCOC1. The van der Waals surface area contributed by atoms with Gasteiger partial charge in [0.1, 0.15) is 10.7 Å². The topological polar surface area (TPSA) is 81.4 Å². The maximum Gasteiger partial charge on any atom is 0.242 e. The molecular formula is C10H12BrFN2O3S. The number of nitrogens with two attached hydrogens (primary N) is 1. The van der Waals surface area contributed by atoms with E-state index < -0.39 is 15.8 Å². The standard InChI is InChI=1S/C10H12BrFN2O3S/c11-7-3-10(9(13)4-8(7)12)18(15,16)14-6-1-2-17-5-6/h3-4,6,14H,1-2,5,13H2. The molecule has 0 bridgehead atoms. The first kappa shape index (κ1) is 13.7. The summed E-state index contributed by atoms with van der Waals surface area (Å²) in [5, 5.41) is 0. The smallest absolute Gasteiger partial charge is 0.242 e. The highest BCUT2D eigenvalue weighted by molar-refractivity contribution is 9.10. The molecule has 1 fully saturated rings. The lowest BCUT2D eigenvalue weighted by molar-refractivity contribution is 0.192. The fourth-order valence-electron chi connectivity index (χ4n) is 1.69. The van der Waals surface area contributed by atoms with Crippen molar-refractivity contribution in [3.63, 3.8) is 0 Å². The number of anilines is 1. The number of halogens is 2. The molecule has 3 N–H and O–H groups in total. The van der Waals surface area contributed by atoms with Gasteiger partial charge in [-0.3, -0.25) is 0 Å². The maximum absolute atomic E-state index is 13.2. The van der Waals surface area contributed by atoms with E-state index in [-0.39, 0.29) is 21.1 Å². The molecule has 1 aromatic carbocycles. The van der Waals surface area contributed by atoms with Gasteiger partial charge in [0.05, 0.1) is 16.8 Å². The Bertz CT molecular complexity index is 558. The van der Waals surface area contributed by atoms with E-state index in [9.17, 15) is 12.8 Å². The van der Waals surface area contributed by atoms with Crippen molar-refractivity contribution < 1.29 is 17.5 Å². The molecule has 2 rings (SSSR count). The van der Waals surface area contributed by atoms with Crippen LogP contribution in [0.4, 0.5) is 10.1 Å². The second-order valence-corrected chi connectivity index (χ2v) is 6.52. The number of hydrogen-bond donors (Lipinski definition) is 2. The molecule has 0 aromatic heterocycles. The van der Waals surface area contributed by atoms with Gasteiger partial charge in [0.15, 0.2) is 0 Å². The molecule has 1 atom stereocenters. The van der Waals surface area contributed by atoms with Gasteiger partial charge in [0, 0.05) is 12.6 Å². The number of hydrogen-bond acceptors (Lipinski definition) is 4. The van der Waals surface area contributed by atoms with Crippen LogP contribution in [0.1, 0.15) is 6.42 Å². The molecule has 0 saturated carbocycles. The minimum atomic E-state index is -3.77. The van der Waals surface area contributed by atoms with E-state index in [1.165, 1.54) is 0 Å². The van der Waals surface area contributed by atoms with Crippen LogP contribution in [0.5, 0.6) is 0 Å². The van der Waals surface area contributed by atoms with Gasteiger partial charge in [0.25, 0.3) is 0 Å². The van der Waals surface area contributed by atoms with Crippen molar-refractivity contribution in [2.45, 2.75) is 17.4 Å². The molecule has 1 saturated heterocycles. The highest BCUT2D eigenvalue weighted by Crippen LogP contribution is 2.26. The predicted molar refractivity (Wildman–Crippen MR) is 68.1 cm³/mol. The Balaban J connectivity index is 2.31. The van der Waals surface area contributed by atoms with Crippen molar-refractivity contribution in [1.82, 2.24) is 4.72 Å². The van der Waals surface area contributed by atoms with Crippen LogP contribution in [-0.4, -0.2) is 27.7 Å². The molecule has 0 radical (unpaired) electrons. The maximum atomic E-state index is 13.2. The number of sulfonamides is 1. The summed E-state index contributed by atoms with van der Waals surface area (Å²) in [5.41, 5.74) is 5.42. The highest BCUT2D eigenvalue weighted by Gasteiger charge is 2.25. The zero-order valence-electron chi connectivity index (χ0n) is 9.32. The van der Waals surface area contributed by atoms with Crippen LogP contribution in [0.15, 0.2) is 21.5 Å². The van der Waals surface area contributed by atoms with E-state index >= 15 is 0 Å². The Kier molecular flexibility index (Phi) is 3.90. The molecule has 18 heavy (non-hydrogen) atoms. The average Bonchev–Trinajstić information content (AvgIpc) is 2.75. The van der Waals surface area contributed by atoms with Gasteiger partial charge in [-0.1, -0.05) is 0 Å². The van der Waals surface area contributed by atoms with Crippen LogP contribution in [0.3, 0.4) is 0 Å². The third kappa shape index (κ3) is 2.82. The molecule has 0 spiro atoms. The van der Waals surface area contributed by atoms with Crippen molar-refractivity contribution in [2.75, 3.05) is 18.9 Å². The Labute approximate surface area is 113 Å². The third-order valence-electron chi connectivity index (χ3n) is 2.59. The Morgan fingerprint density at radius 1 is 1.50 bits per heavy atom. The van der Waals surface area contributed by atoms with Crippen molar-refractivity contribution >= 4 is 31.6 Å². The highest BCUT2D eigenvalue weighted by atomic mass is 79.9. The summed E-state index contributed by atoms with van der Waals surface area (Å²) in [6, 6.07) is 1.87. The van der Waals surface area contributed by atoms with Crippen LogP contribution in [0.2, 0.25) is 0 Å². The van der Waals surface area contributed by atoms with Gasteiger partial charge < -0.3 is 10.5 Å². The predicted octanol–water partition coefficient (Wildman–Crippen LogP) is 1.24. The summed E-state index contributed by atoms with van der Waals surface area (Å²) >= 11 is 2.94. The molecule has 1 aromatic rings. The molecule has 1 heterocycles. The summed E-state index contributed by atoms with van der Waals surface area (Å²) in [4.78, 5) is -0.136. The van der Waals surface area contributed by atoms with Crippen LogP contribution in [0, 0.1) is 5.82 Å². The monoisotopic (exact) mass is 338 g/mol. The zero-order valence-corrected chi connectivity index (χ0v) is 11.7. The molecule has 8 heteroatoms. The molecule has 1 unspecified atom stereocenters. The van der Waals surface area contributed by atoms with Crippen molar-refractivity contribution in [3.05, 3.63) is 22.4 Å². The lowest BCUT2D eigenvalue weighted by Gasteiger charge is -2.13. The first-order valence-corrected chi connectivity index (χ1v) is 7.52. The molecule has 1 aliphatic rings. The fourth-order valence-corrected chi connectivity index (χ4v) is 3.58. The minimum Gasteiger partial charge on any atom is -0.398 e. The minimum absolute atomic E-state index is 0.0553. The second kappa shape index (κ2) is 5.12. The van der Waals surface area contributed by atoms with E-state index in [0.717, 1.165) is 12.1 Å². The first-order valence-electron chi connectivity index (χ1n) is 5.25. The Morgan fingerprint density at radius 3 is 2.83 bits per heavy atom. The Morgan fingerprint density at radius 2 is 2.22 bits per heavy atom. The van der Waals surface area contributed by atoms with E-state index in [0.29, 0.717) is 19.6 Å². The molecule has 0 amide bonds. The molecule has 100 valence electrons. The molecule has 0 aliphatic carbocycles. The lowest BCUT2D eigenvalue weighted by atomic mass is 10.3. The summed E-state index contributed by atoms with van der Waals surface area (Å²) < 4.78 is 45.0. The Hall–Kier alpha value is -0.700. The third-order valence-corrected chi connectivity index (χ3v) is 4.78. The van der Waals surface area contributed by atoms with E-state index in [1.54, 1.807) is 0 Å². The largest absolute Gasteiger partial charge is 0.398 e. The molecule has 5 nitrogen and oxygen atoms in total. The summed E-state index contributed by atoms with van der Waals surface area (Å²) in [6.07, 6.45) is 0.613. The number of nitrogens with one attached hydrogen (secondary N) is 1. The van der Waals surface area contributed by atoms with E-state index in [1.807, 2.05) is 0 Å². The van der Waals surface area contributed by atoms with Gasteiger partial charge >= 0.3 is 0 Å². The molecular weight excluding hydrogens is 327 g/mol. The van der Waals surface area contributed by atoms with Crippen molar-refractivity contribution in [2.24, 2.45) is 0 Å². The molecule has 1 aliphatic heterocycles.